The third-order valence-electron chi connectivity index (χ3n) is 2.97. The molecule has 1 heterocycles. The van der Waals surface area contributed by atoms with Crippen molar-refractivity contribution in [2.75, 3.05) is 0 Å². The number of aryl methyl sites for hydroxylation is 1. The van der Waals surface area contributed by atoms with Gasteiger partial charge in [-0.05, 0) is 53.8 Å². The van der Waals surface area contributed by atoms with Crippen molar-refractivity contribution in [3.63, 3.8) is 0 Å². The summed E-state index contributed by atoms with van der Waals surface area (Å²) < 4.78 is 0. The van der Waals surface area contributed by atoms with Gasteiger partial charge < -0.3 is 10.2 Å². The van der Waals surface area contributed by atoms with Crippen LogP contribution in [-0.4, -0.2) is 10.2 Å². The van der Waals surface area contributed by atoms with Gasteiger partial charge in [-0.3, -0.25) is 0 Å². The molecule has 80 valence electrons. The SMILES string of the molecule is Cp1c2ccc(O)cc2c2cc(O)ccc21. The monoisotopic (exact) mass is 230 g/mol. The first-order valence-electron chi connectivity index (χ1n) is 5.07. The number of rotatable bonds is 0. The highest BCUT2D eigenvalue weighted by molar-refractivity contribution is 7.59. The summed E-state index contributed by atoms with van der Waals surface area (Å²) >= 11 is 0. The van der Waals surface area contributed by atoms with Crippen molar-refractivity contribution in [1.29, 1.82) is 0 Å². The summed E-state index contributed by atoms with van der Waals surface area (Å²) in [5, 5.41) is 23.7. The smallest absolute Gasteiger partial charge is 0.116 e. The summed E-state index contributed by atoms with van der Waals surface area (Å²) in [6.45, 7) is 2.20. The highest BCUT2D eigenvalue weighted by Crippen LogP contribution is 2.48. The van der Waals surface area contributed by atoms with Crippen LogP contribution in [0, 0.1) is 0 Å². The predicted molar refractivity (Wildman–Crippen MR) is 68.5 cm³/mol. The minimum atomic E-state index is -0.344. The molecule has 2 aromatic carbocycles. The highest BCUT2D eigenvalue weighted by Gasteiger charge is 2.09. The molecule has 0 saturated heterocycles. The summed E-state index contributed by atoms with van der Waals surface area (Å²) in [6.07, 6.45) is 0. The van der Waals surface area contributed by atoms with Gasteiger partial charge in [-0.25, -0.2) is 0 Å². The molecule has 0 aliphatic rings. The number of hydrogen-bond acceptors (Lipinski definition) is 2. The average molecular weight is 230 g/mol. The molecule has 2 N–H and O–H groups in total. The Morgan fingerprint density at radius 2 is 1.25 bits per heavy atom. The molecule has 3 aromatic rings. The molecule has 0 aliphatic carbocycles. The van der Waals surface area contributed by atoms with E-state index in [4.69, 9.17) is 0 Å². The van der Waals surface area contributed by atoms with Crippen LogP contribution in [0.2, 0.25) is 0 Å². The van der Waals surface area contributed by atoms with Crippen LogP contribution < -0.4 is 0 Å². The summed E-state index contributed by atoms with van der Waals surface area (Å²) in [5.74, 6) is 0.552. The van der Waals surface area contributed by atoms with Gasteiger partial charge >= 0.3 is 0 Å². The van der Waals surface area contributed by atoms with Crippen molar-refractivity contribution < 1.29 is 10.2 Å². The molecule has 0 bridgehead atoms. The maximum absolute atomic E-state index is 9.52. The van der Waals surface area contributed by atoms with E-state index in [0.29, 0.717) is 0 Å². The molecule has 2 nitrogen and oxygen atoms in total. The number of fused-ring (bicyclic) bond motifs is 3. The maximum atomic E-state index is 9.52. The van der Waals surface area contributed by atoms with E-state index in [-0.39, 0.29) is 19.0 Å². The summed E-state index contributed by atoms with van der Waals surface area (Å²) in [5.41, 5.74) is 0. The zero-order valence-electron chi connectivity index (χ0n) is 8.81. The van der Waals surface area contributed by atoms with E-state index in [9.17, 15) is 10.2 Å². The van der Waals surface area contributed by atoms with Crippen LogP contribution >= 0.6 is 7.53 Å². The third kappa shape index (κ3) is 1.20. The van der Waals surface area contributed by atoms with Crippen LogP contribution in [0.3, 0.4) is 0 Å². The molecule has 0 radical (unpaired) electrons. The van der Waals surface area contributed by atoms with Crippen molar-refractivity contribution >= 4 is 28.5 Å². The highest BCUT2D eigenvalue weighted by atomic mass is 31.1. The van der Waals surface area contributed by atoms with Gasteiger partial charge in [0.1, 0.15) is 11.5 Å². The molecule has 16 heavy (non-hydrogen) atoms. The Morgan fingerprint density at radius 3 is 1.69 bits per heavy atom. The average Bonchev–Trinajstić information content (AvgIpc) is 2.52. The molecule has 0 spiro atoms. The van der Waals surface area contributed by atoms with Crippen molar-refractivity contribution in [2.45, 2.75) is 0 Å². The Kier molecular flexibility index (Phi) is 1.89. The first kappa shape index (κ1) is 9.56. The van der Waals surface area contributed by atoms with Gasteiger partial charge in [-0.1, -0.05) is 0 Å². The van der Waals surface area contributed by atoms with Crippen LogP contribution in [0.4, 0.5) is 0 Å². The van der Waals surface area contributed by atoms with E-state index in [1.54, 1.807) is 24.3 Å². The summed E-state index contributed by atoms with van der Waals surface area (Å²) in [6, 6.07) is 11.0. The Hall–Kier alpha value is -1.66. The van der Waals surface area contributed by atoms with E-state index in [1.165, 1.54) is 10.2 Å². The van der Waals surface area contributed by atoms with Gasteiger partial charge in [-0.15, -0.1) is 7.53 Å². The molecule has 0 aliphatic heterocycles. The Bertz CT molecular complexity index is 639. The quantitative estimate of drug-likeness (QED) is 0.614. The van der Waals surface area contributed by atoms with E-state index in [2.05, 4.69) is 6.66 Å². The van der Waals surface area contributed by atoms with Gasteiger partial charge in [0.25, 0.3) is 0 Å². The second kappa shape index (κ2) is 3.16. The minimum absolute atomic E-state index is 0.276. The number of hydrogen-bond donors (Lipinski definition) is 2. The van der Waals surface area contributed by atoms with Crippen LogP contribution in [0.1, 0.15) is 0 Å². The maximum Gasteiger partial charge on any atom is 0.116 e. The molecule has 0 amide bonds. The molecule has 3 rings (SSSR count). The van der Waals surface area contributed by atoms with Crippen LogP contribution in [0.5, 0.6) is 11.5 Å². The molecule has 1 aromatic heterocycles. The molecular weight excluding hydrogens is 219 g/mol. The third-order valence-corrected chi connectivity index (χ3v) is 5.20. The van der Waals surface area contributed by atoms with E-state index in [1.807, 2.05) is 12.1 Å². The number of phenolic OH excluding ortho intramolecular Hbond substituents is 2. The standard InChI is InChI=1S/C13H11O2P/c1-16-12-4-2-8(14)6-10(12)11-7-9(15)3-5-13(11)16/h2-7,14-15H,1H3. The molecular formula is C13H11O2P. The van der Waals surface area contributed by atoms with Crippen molar-refractivity contribution in [2.24, 2.45) is 6.66 Å². The summed E-state index contributed by atoms with van der Waals surface area (Å²) in [7, 11) is -0.344. The molecule has 3 heteroatoms. The topological polar surface area (TPSA) is 40.5 Å². The first-order chi connectivity index (χ1) is 7.66. The lowest BCUT2D eigenvalue weighted by atomic mass is 10.1. The van der Waals surface area contributed by atoms with Gasteiger partial charge in [0.05, 0.1) is 0 Å². The van der Waals surface area contributed by atoms with E-state index < -0.39 is 0 Å². The second-order valence-corrected chi connectivity index (χ2v) is 6.04. The van der Waals surface area contributed by atoms with Crippen LogP contribution in [-0.2, 0) is 6.66 Å². The number of aromatic hydroxyl groups is 2. The Morgan fingerprint density at radius 1 is 0.812 bits per heavy atom. The first-order valence-corrected chi connectivity index (χ1v) is 6.86. The number of benzene rings is 2. The van der Waals surface area contributed by atoms with Gasteiger partial charge in [0.2, 0.25) is 0 Å². The van der Waals surface area contributed by atoms with Gasteiger partial charge in [0, 0.05) is 10.2 Å². The fourth-order valence-corrected chi connectivity index (χ4v) is 4.14. The summed E-state index contributed by atoms with van der Waals surface area (Å²) in [4.78, 5) is 0. The fraction of sp³-hybridized carbons (Fsp3) is 0.0769. The number of phenols is 2. The molecule has 0 fully saturated rings. The molecule has 0 unspecified atom stereocenters. The zero-order valence-corrected chi connectivity index (χ0v) is 9.70. The van der Waals surface area contributed by atoms with E-state index in [0.717, 1.165) is 10.8 Å². The Balaban J connectivity index is 2.60. The van der Waals surface area contributed by atoms with Crippen LogP contribution in [0.15, 0.2) is 36.4 Å². The largest absolute Gasteiger partial charge is 0.508 e. The Labute approximate surface area is 93.8 Å². The van der Waals surface area contributed by atoms with E-state index >= 15 is 0 Å². The second-order valence-electron chi connectivity index (χ2n) is 3.96. The zero-order chi connectivity index (χ0) is 11.3. The lowest BCUT2D eigenvalue weighted by molar-refractivity contribution is 0.475. The van der Waals surface area contributed by atoms with Gasteiger partial charge in [-0.2, -0.15) is 0 Å². The predicted octanol–water partition coefficient (Wildman–Crippen LogP) is 3.93. The normalized spacial score (nSPS) is 11.3. The van der Waals surface area contributed by atoms with Crippen LogP contribution in [0.25, 0.3) is 21.0 Å². The van der Waals surface area contributed by atoms with Gasteiger partial charge in [0.15, 0.2) is 0 Å². The molecule has 0 atom stereocenters. The van der Waals surface area contributed by atoms with Crippen molar-refractivity contribution in [3.05, 3.63) is 36.4 Å². The van der Waals surface area contributed by atoms with Crippen molar-refractivity contribution in [3.8, 4) is 11.5 Å². The minimum Gasteiger partial charge on any atom is -0.508 e. The fourth-order valence-electron chi connectivity index (χ4n) is 2.19. The lowest BCUT2D eigenvalue weighted by Crippen LogP contribution is -1.67. The molecule has 0 saturated carbocycles. The van der Waals surface area contributed by atoms with Crippen molar-refractivity contribution in [1.82, 2.24) is 0 Å². The lowest BCUT2D eigenvalue weighted by Gasteiger charge is -1.94.